The summed E-state index contributed by atoms with van der Waals surface area (Å²) in [4.78, 5) is 1.45. The maximum absolute atomic E-state index is 3.72. The molecule has 1 nitrogen and oxygen atoms in total. The molecule has 0 saturated heterocycles. The van der Waals surface area contributed by atoms with Crippen LogP contribution in [0.15, 0.2) is 47.4 Å². The Morgan fingerprint density at radius 1 is 1.14 bits per heavy atom. The monoisotopic (exact) mass is 297 g/mol. The maximum Gasteiger partial charge on any atom is 0.0398 e. The van der Waals surface area contributed by atoms with E-state index in [1.165, 1.54) is 32.9 Å². The van der Waals surface area contributed by atoms with Gasteiger partial charge in [-0.2, -0.15) is 0 Å². The van der Waals surface area contributed by atoms with Crippen molar-refractivity contribution in [3.05, 3.63) is 64.7 Å². The Hall–Kier alpha value is -1.25. The Labute approximate surface area is 132 Å². The summed E-state index contributed by atoms with van der Waals surface area (Å²) in [6.45, 7) is 7.59. The van der Waals surface area contributed by atoms with Crippen LogP contribution in [0.3, 0.4) is 0 Å². The number of rotatable bonds is 4. The molecule has 0 saturated carbocycles. The fraction of sp³-hybridized carbons (Fsp3) is 0.368. The highest BCUT2D eigenvalue weighted by atomic mass is 32.2. The number of thioether (sulfide) groups is 1. The van der Waals surface area contributed by atoms with Crippen LogP contribution < -0.4 is 5.32 Å². The lowest BCUT2D eigenvalue weighted by Crippen LogP contribution is -2.27. The Morgan fingerprint density at radius 3 is 2.71 bits per heavy atom. The first kappa shape index (κ1) is 14.7. The molecule has 3 rings (SSSR count). The van der Waals surface area contributed by atoms with E-state index in [4.69, 9.17) is 0 Å². The van der Waals surface area contributed by atoms with Crippen molar-refractivity contribution in [2.45, 2.75) is 37.6 Å². The smallest absolute Gasteiger partial charge is 0.0398 e. The van der Waals surface area contributed by atoms with Crippen LogP contribution in [0.4, 0.5) is 0 Å². The van der Waals surface area contributed by atoms with E-state index in [0.29, 0.717) is 12.0 Å². The van der Waals surface area contributed by atoms with Gasteiger partial charge in [0.05, 0.1) is 0 Å². The van der Waals surface area contributed by atoms with Crippen molar-refractivity contribution in [1.82, 2.24) is 5.32 Å². The number of aryl methyl sites for hydroxylation is 2. The minimum Gasteiger partial charge on any atom is -0.310 e. The standard InChI is InChI=1S/C19H23NS/c1-4-20-19(15-10-9-13(2)14(3)11-15)17-12-21-18-8-6-5-7-16(17)18/h5-11,17,19-20H,4,12H2,1-3H3. The molecule has 1 heterocycles. The van der Waals surface area contributed by atoms with Gasteiger partial charge in [-0.3, -0.25) is 0 Å². The zero-order valence-electron chi connectivity index (χ0n) is 13.0. The van der Waals surface area contributed by atoms with Gasteiger partial charge in [0.25, 0.3) is 0 Å². The van der Waals surface area contributed by atoms with E-state index >= 15 is 0 Å². The van der Waals surface area contributed by atoms with Crippen molar-refractivity contribution in [3.63, 3.8) is 0 Å². The summed E-state index contributed by atoms with van der Waals surface area (Å²) in [5, 5.41) is 3.72. The average molecular weight is 297 g/mol. The molecule has 2 aromatic rings. The van der Waals surface area contributed by atoms with Gasteiger partial charge >= 0.3 is 0 Å². The van der Waals surface area contributed by atoms with E-state index in [9.17, 15) is 0 Å². The first-order valence-electron chi connectivity index (χ1n) is 7.73. The molecule has 21 heavy (non-hydrogen) atoms. The van der Waals surface area contributed by atoms with Crippen LogP contribution in [0.25, 0.3) is 0 Å². The molecule has 0 spiro atoms. The summed E-state index contributed by atoms with van der Waals surface area (Å²) in [6.07, 6.45) is 0. The quantitative estimate of drug-likeness (QED) is 0.866. The van der Waals surface area contributed by atoms with E-state index in [1.807, 2.05) is 11.8 Å². The third-order valence-electron chi connectivity index (χ3n) is 4.45. The third-order valence-corrected chi connectivity index (χ3v) is 5.66. The molecule has 0 amide bonds. The molecule has 0 fully saturated rings. The molecule has 1 N–H and O–H groups in total. The highest BCUT2D eigenvalue weighted by Gasteiger charge is 2.30. The lowest BCUT2D eigenvalue weighted by atomic mass is 9.87. The third kappa shape index (κ3) is 2.88. The topological polar surface area (TPSA) is 12.0 Å². The number of likely N-dealkylation sites (N-methyl/N-ethyl adjacent to an activating group) is 1. The number of fused-ring (bicyclic) bond motifs is 1. The zero-order chi connectivity index (χ0) is 14.8. The number of hydrogen-bond donors (Lipinski definition) is 1. The summed E-state index contributed by atoms with van der Waals surface area (Å²) in [7, 11) is 0. The Bertz CT molecular complexity index is 635. The highest BCUT2D eigenvalue weighted by molar-refractivity contribution is 7.99. The summed E-state index contributed by atoms with van der Waals surface area (Å²) < 4.78 is 0. The van der Waals surface area contributed by atoms with Gasteiger partial charge in [-0.1, -0.05) is 43.3 Å². The number of nitrogens with one attached hydrogen (secondary N) is 1. The predicted octanol–water partition coefficient (Wildman–Crippen LogP) is 4.84. The van der Waals surface area contributed by atoms with Crippen molar-refractivity contribution in [2.75, 3.05) is 12.3 Å². The summed E-state index contributed by atoms with van der Waals surface area (Å²) in [5.41, 5.74) is 5.68. The van der Waals surface area contributed by atoms with E-state index in [2.05, 4.69) is 68.6 Å². The molecule has 2 unspecified atom stereocenters. The molecule has 1 aliphatic rings. The van der Waals surface area contributed by atoms with E-state index in [-0.39, 0.29) is 0 Å². The van der Waals surface area contributed by atoms with Gasteiger partial charge in [-0.25, -0.2) is 0 Å². The predicted molar refractivity (Wildman–Crippen MR) is 92.2 cm³/mol. The van der Waals surface area contributed by atoms with Gasteiger partial charge in [0, 0.05) is 22.6 Å². The van der Waals surface area contributed by atoms with E-state index in [1.54, 1.807) is 0 Å². The minimum absolute atomic E-state index is 0.408. The van der Waals surface area contributed by atoms with Gasteiger partial charge in [0.15, 0.2) is 0 Å². The van der Waals surface area contributed by atoms with Crippen molar-refractivity contribution in [1.29, 1.82) is 0 Å². The SMILES string of the molecule is CCNC(c1ccc(C)c(C)c1)C1CSc2ccccc21. The van der Waals surface area contributed by atoms with Crippen LogP contribution in [0, 0.1) is 13.8 Å². The van der Waals surface area contributed by atoms with E-state index < -0.39 is 0 Å². The van der Waals surface area contributed by atoms with Crippen LogP contribution in [0.5, 0.6) is 0 Å². The maximum atomic E-state index is 3.72. The van der Waals surface area contributed by atoms with Crippen LogP contribution in [-0.2, 0) is 0 Å². The molecule has 0 aliphatic carbocycles. The van der Waals surface area contributed by atoms with Crippen LogP contribution >= 0.6 is 11.8 Å². The normalized spacial score (nSPS) is 18.5. The molecule has 1 aliphatic heterocycles. The van der Waals surface area contributed by atoms with Crippen molar-refractivity contribution >= 4 is 11.8 Å². The molecular weight excluding hydrogens is 274 g/mol. The molecule has 2 aromatic carbocycles. The highest BCUT2D eigenvalue weighted by Crippen LogP contribution is 2.45. The zero-order valence-corrected chi connectivity index (χ0v) is 13.8. The van der Waals surface area contributed by atoms with Crippen LogP contribution in [0.1, 0.15) is 41.1 Å². The molecule has 0 radical (unpaired) electrons. The fourth-order valence-electron chi connectivity index (χ4n) is 3.13. The molecule has 0 aromatic heterocycles. The van der Waals surface area contributed by atoms with Crippen molar-refractivity contribution in [2.24, 2.45) is 0 Å². The lowest BCUT2D eigenvalue weighted by Gasteiger charge is -2.26. The second-order valence-corrected chi connectivity index (χ2v) is 6.90. The summed E-state index contributed by atoms with van der Waals surface area (Å²) in [5.74, 6) is 1.73. The van der Waals surface area contributed by atoms with E-state index in [0.717, 1.165) is 6.54 Å². The van der Waals surface area contributed by atoms with Crippen LogP contribution in [-0.4, -0.2) is 12.3 Å². The Morgan fingerprint density at radius 2 is 1.95 bits per heavy atom. The van der Waals surface area contributed by atoms with Gasteiger partial charge in [0.1, 0.15) is 0 Å². The fourth-order valence-corrected chi connectivity index (χ4v) is 4.43. The largest absolute Gasteiger partial charge is 0.310 e. The second kappa shape index (κ2) is 6.25. The van der Waals surface area contributed by atoms with Crippen molar-refractivity contribution < 1.29 is 0 Å². The first-order valence-corrected chi connectivity index (χ1v) is 8.71. The Kier molecular flexibility index (Phi) is 4.37. The molecule has 2 atom stereocenters. The molecule has 110 valence electrons. The molecular formula is C19H23NS. The van der Waals surface area contributed by atoms with Gasteiger partial charge in [0.2, 0.25) is 0 Å². The van der Waals surface area contributed by atoms with Crippen LogP contribution in [0.2, 0.25) is 0 Å². The number of hydrogen-bond acceptors (Lipinski definition) is 2. The summed E-state index contributed by atoms with van der Waals surface area (Å²) in [6, 6.07) is 16.2. The molecule has 0 bridgehead atoms. The average Bonchev–Trinajstić information content (AvgIpc) is 2.92. The first-order chi connectivity index (χ1) is 10.2. The molecule has 2 heteroatoms. The summed E-state index contributed by atoms with van der Waals surface area (Å²) >= 11 is 1.99. The number of benzene rings is 2. The Balaban J connectivity index is 1.97. The van der Waals surface area contributed by atoms with Crippen molar-refractivity contribution in [3.8, 4) is 0 Å². The van der Waals surface area contributed by atoms with Gasteiger partial charge in [-0.05, 0) is 48.7 Å². The van der Waals surface area contributed by atoms with Gasteiger partial charge in [-0.15, -0.1) is 11.8 Å². The second-order valence-electron chi connectivity index (χ2n) is 5.83. The lowest BCUT2D eigenvalue weighted by molar-refractivity contribution is 0.485. The minimum atomic E-state index is 0.408. The van der Waals surface area contributed by atoms with Gasteiger partial charge < -0.3 is 5.32 Å².